The van der Waals surface area contributed by atoms with Gasteiger partial charge < -0.3 is 24.7 Å². The zero-order valence-electron chi connectivity index (χ0n) is 23.0. The second kappa shape index (κ2) is 10.9. The number of hydrogen-bond acceptors (Lipinski definition) is 5. The van der Waals surface area contributed by atoms with Crippen molar-refractivity contribution in [3.63, 3.8) is 0 Å². The molecule has 0 saturated carbocycles. The van der Waals surface area contributed by atoms with Gasteiger partial charge >= 0.3 is 0 Å². The van der Waals surface area contributed by atoms with Crippen LogP contribution in [0.5, 0.6) is 5.75 Å². The number of halogens is 1. The fourth-order valence-corrected chi connectivity index (χ4v) is 5.10. The molecule has 5 rings (SSSR count). The Morgan fingerprint density at radius 2 is 1.93 bits per heavy atom. The number of anilines is 2. The summed E-state index contributed by atoms with van der Waals surface area (Å²) >= 11 is 12.3. The van der Waals surface area contributed by atoms with Crippen molar-refractivity contribution in [3.05, 3.63) is 95.0 Å². The first-order valence-electron chi connectivity index (χ1n) is 12.9. The SMILES string of the molecule is COc1cc(N2C(=S)NC(c3ccccn3)C2c2ccc(-c3ccc(C)c(Cl)c3)o2)ccc1NC(=O)C(C)(C)C. The number of pyridine rings is 1. The number of hydrogen-bond donors (Lipinski definition) is 2. The zero-order chi connectivity index (χ0) is 28.6. The van der Waals surface area contributed by atoms with Crippen LogP contribution in [-0.4, -0.2) is 23.1 Å². The summed E-state index contributed by atoms with van der Waals surface area (Å²) in [6, 6.07) is 20.5. The van der Waals surface area contributed by atoms with Crippen molar-refractivity contribution in [1.82, 2.24) is 10.3 Å². The van der Waals surface area contributed by atoms with Crippen molar-refractivity contribution in [2.75, 3.05) is 17.3 Å². The van der Waals surface area contributed by atoms with E-state index in [1.165, 1.54) is 0 Å². The van der Waals surface area contributed by atoms with Gasteiger partial charge in [0.05, 0.1) is 24.5 Å². The highest BCUT2D eigenvalue weighted by Crippen LogP contribution is 2.44. The highest BCUT2D eigenvalue weighted by atomic mass is 35.5. The molecule has 7 nitrogen and oxygen atoms in total. The van der Waals surface area contributed by atoms with Crippen LogP contribution in [-0.2, 0) is 4.79 Å². The molecule has 206 valence electrons. The van der Waals surface area contributed by atoms with Gasteiger partial charge in [-0.05, 0) is 67.2 Å². The average Bonchev–Trinajstić information content (AvgIpc) is 3.55. The highest BCUT2D eigenvalue weighted by Gasteiger charge is 2.43. The standard InChI is InChI=1S/C31H31ClN4O3S/c1-18-9-10-19(16-21(18)32)24-13-14-25(39-24)28-27(23-8-6-7-15-33-23)35-30(40)36(28)20-11-12-22(26(17-20)38-5)34-29(37)31(2,3)4/h6-17,27-28H,1-5H3,(H,34,37)(H,35,40). The van der Waals surface area contributed by atoms with E-state index < -0.39 is 5.41 Å². The number of furan rings is 1. The van der Waals surface area contributed by atoms with Crippen molar-refractivity contribution >= 4 is 46.2 Å². The Hall–Kier alpha value is -3.88. The summed E-state index contributed by atoms with van der Waals surface area (Å²) in [5.41, 5.74) is 3.53. The van der Waals surface area contributed by atoms with E-state index >= 15 is 0 Å². The number of methoxy groups -OCH3 is 1. The number of aromatic nitrogens is 1. The minimum atomic E-state index is -0.552. The van der Waals surface area contributed by atoms with Crippen LogP contribution in [0.2, 0.25) is 5.02 Å². The van der Waals surface area contributed by atoms with Crippen LogP contribution in [0, 0.1) is 12.3 Å². The fourth-order valence-electron chi connectivity index (χ4n) is 4.58. The molecule has 1 saturated heterocycles. The molecule has 2 N–H and O–H groups in total. The topological polar surface area (TPSA) is 79.6 Å². The van der Waals surface area contributed by atoms with Gasteiger partial charge in [-0.2, -0.15) is 0 Å². The van der Waals surface area contributed by atoms with Crippen molar-refractivity contribution in [2.24, 2.45) is 5.41 Å². The summed E-state index contributed by atoms with van der Waals surface area (Å²) in [6.45, 7) is 7.56. The molecule has 2 unspecified atom stereocenters. The summed E-state index contributed by atoms with van der Waals surface area (Å²) in [5, 5.41) is 7.61. The Kier molecular flexibility index (Phi) is 7.57. The van der Waals surface area contributed by atoms with E-state index in [2.05, 4.69) is 15.6 Å². The van der Waals surface area contributed by atoms with Crippen molar-refractivity contribution in [1.29, 1.82) is 0 Å². The summed E-state index contributed by atoms with van der Waals surface area (Å²) < 4.78 is 12.1. The fraction of sp³-hybridized carbons (Fsp3) is 0.258. The Morgan fingerprint density at radius 1 is 1.12 bits per heavy atom. The number of aryl methyl sites for hydroxylation is 1. The van der Waals surface area contributed by atoms with Gasteiger partial charge in [0.25, 0.3) is 0 Å². The molecule has 2 aromatic heterocycles. The molecule has 0 radical (unpaired) electrons. The maximum absolute atomic E-state index is 12.7. The number of benzene rings is 2. The summed E-state index contributed by atoms with van der Waals surface area (Å²) in [6.07, 6.45) is 1.76. The van der Waals surface area contributed by atoms with Crippen molar-refractivity contribution in [2.45, 2.75) is 39.8 Å². The lowest BCUT2D eigenvalue weighted by atomic mass is 9.95. The predicted molar refractivity (Wildman–Crippen MR) is 163 cm³/mol. The molecular weight excluding hydrogens is 544 g/mol. The van der Waals surface area contributed by atoms with Gasteiger partial charge in [0, 0.05) is 34.0 Å². The van der Waals surface area contributed by atoms with E-state index in [1.54, 1.807) is 13.3 Å². The first-order valence-corrected chi connectivity index (χ1v) is 13.7. The zero-order valence-corrected chi connectivity index (χ0v) is 24.6. The molecule has 2 atom stereocenters. The van der Waals surface area contributed by atoms with Crippen molar-refractivity contribution in [3.8, 4) is 17.1 Å². The van der Waals surface area contributed by atoms with E-state index in [1.807, 2.05) is 99.3 Å². The average molecular weight is 575 g/mol. The molecule has 1 aliphatic heterocycles. The van der Waals surface area contributed by atoms with Crippen LogP contribution >= 0.6 is 23.8 Å². The second-order valence-electron chi connectivity index (χ2n) is 10.8. The van der Waals surface area contributed by atoms with Crippen LogP contribution in [0.15, 0.2) is 77.3 Å². The third-order valence-corrected chi connectivity index (χ3v) is 7.59. The Labute approximate surface area is 244 Å². The molecule has 40 heavy (non-hydrogen) atoms. The second-order valence-corrected chi connectivity index (χ2v) is 11.5. The summed E-state index contributed by atoms with van der Waals surface area (Å²) in [4.78, 5) is 19.3. The van der Waals surface area contributed by atoms with Gasteiger partial charge in [0.1, 0.15) is 23.3 Å². The molecular formula is C31H31ClN4O3S. The molecule has 1 fully saturated rings. The molecule has 0 aliphatic carbocycles. The van der Waals surface area contributed by atoms with E-state index in [0.717, 1.165) is 22.5 Å². The minimum Gasteiger partial charge on any atom is -0.494 e. The van der Waals surface area contributed by atoms with Gasteiger partial charge in [-0.3, -0.25) is 9.78 Å². The smallest absolute Gasteiger partial charge is 0.229 e. The molecule has 0 bridgehead atoms. The highest BCUT2D eigenvalue weighted by molar-refractivity contribution is 7.80. The quantitative estimate of drug-likeness (QED) is 0.231. The maximum Gasteiger partial charge on any atom is 0.229 e. The number of carbonyl (C=O) groups excluding carboxylic acids is 1. The number of rotatable bonds is 6. The lowest BCUT2D eigenvalue weighted by Gasteiger charge is -2.27. The number of nitrogens with one attached hydrogen (secondary N) is 2. The van der Waals surface area contributed by atoms with Gasteiger partial charge in [-0.25, -0.2) is 0 Å². The van der Waals surface area contributed by atoms with E-state index in [9.17, 15) is 4.79 Å². The molecule has 1 amide bonds. The number of amides is 1. The van der Waals surface area contributed by atoms with Gasteiger partial charge in [-0.1, -0.05) is 50.6 Å². The maximum atomic E-state index is 12.7. The Balaban J connectivity index is 1.56. The van der Waals surface area contributed by atoms with E-state index in [0.29, 0.717) is 33.1 Å². The van der Waals surface area contributed by atoms with Crippen LogP contribution in [0.3, 0.4) is 0 Å². The third-order valence-electron chi connectivity index (χ3n) is 6.87. The van der Waals surface area contributed by atoms with Crippen LogP contribution in [0.1, 0.15) is 49.9 Å². The number of carbonyl (C=O) groups is 1. The van der Waals surface area contributed by atoms with E-state index in [-0.39, 0.29) is 18.0 Å². The molecule has 9 heteroatoms. The number of ether oxygens (including phenoxy) is 1. The van der Waals surface area contributed by atoms with Gasteiger partial charge in [0.15, 0.2) is 5.11 Å². The lowest BCUT2D eigenvalue weighted by Crippen LogP contribution is -2.30. The first-order chi connectivity index (χ1) is 19.1. The van der Waals surface area contributed by atoms with Crippen LogP contribution in [0.4, 0.5) is 11.4 Å². The van der Waals surface area contributed by atoms with Crippen molar-refractivity contribution < 1.29 is 13.9 Å². The minimum absolute atomic E-state index is 0.107. The summed E-state index contributed by atoms with van der Waals surface area (Å²) in [5.74, 6) is 1.82. The molecule has 0 spiro atoms. The largest absolute Gasteiger partial charge is 0.494 e. The molecule has 2 aromatic carbocycles. The third kappa shape index (κ3) is 5.42. The normalized spacial score (nSPS) is 17.1. The van der Waals surface area contributed by atoms with Crippen LogP contribution in [0.25, 0.3) is 11.3 Å². The number of nitrogens with zero attached hydrogens (tertiary/aromatic N) is 2. The monoisotopic (exact) mass is 574 g/mol. The first kappa shape index (κ1) is 27.7. The van der Waals surface area contributed by atoms with Gasteiger partial charge in [0.2, 0.25) is 5.91 Å². The van der Waals surface area contributed by atoms with Crippen LogP contribution < -0.4 is 20.3 Å². The van der Waals surface area contributed by atoms with Gasteiger partial charge in [-0.15, -0.1) is 0 Å². The molecule has 4 aromatic rings. The Bertz CT molecular complexity index is 1560. The molecule has 3 heterocycles. The van der Waals surface area contributed by atoms with E-state index in [4.69, 9.17) is 33.0 Å². The molecule has 1 aliphatic rings. The summed E-state index contributed by atoms with van der Waals surface area (Å²) in [7, 11) is 1.58. The number of thiocarbonyl (C=S) groups is 1. The Morgan fingerprint density at radius 3 is 2.60 bits per heavy atom. The predicted octanol–water partition coefficient (Wildman–Crippen LogP) is 7.47. The lowest BCUT2D eigenvalue weighted by molar-refractivity contribution is -0.123.